The third kappa shape index (κ3) is 2.23. The minimum atomic E-state index is -1.12. The molecule has 0 radical (unpaired) electrons. The van der Waals surface area contributed by atoms with Crippen LogP contribution in [0.3, 0.4) is 0 Å². The van der Waals surface area contributed by atoms with Crippen LogP contribution in [0.2, 0.25) is 0 Å². The maximum atomic E-state index is 14.4. The second-order valence-electron chi connectivity index (χ2n) is 9.12. The van der Waals surface area contributed by atoms with Gasteiger partial charge < -0.3 is 9.47 Å². The van der Waals surface area contributed by atoms with Crippen molar-refractivity contribution in [1.82, 2.24) is 0 Å². The van der Waals surface area contributed by atoms with E-state index in [-0.39, 0.29) is 17.5 Å². The minimum Gasteiger partial charge on any atom is -0.484 e. The number of fused-ring (bicyclic) bond motifs is 2. The Morgan fingerprint density at radius 3 is 2.29 bits per heavy atom. The van der Waals surface area contributed by atoms with Crippen molar-refractivity contribution in [2.24, 2.45) is 11.3 Å². The van der Waals surface area contributed by atoms with E-state index >= 15 is 0 Å². The number of carbonyl (C=O) groups is 2. The zero-order valence-electron chi connectivity index (χ0n) is 18.2. The molecule has 2 spiro atoms. The number of rotatable bonds is 2. The van der Waals surface area contributed by atoms with Gasteiger partial charge in [-0.15, -0.1) is 0 Å². The fourth-order valence-electron chi connectivity index (χ4n) is 6.12. The molecule has 3 aromatic carbocycles. The lowest BCUT2D eigenvalue weighted by atomic mass is 9.77. The van der Waals surface area contributed by atoms with E-state index in [2.05, 4.69) is 0 Å². The Labute approximate surface area is 196 Å². The summed E-state index contributed by atoms with van der Waals surface area (Å²) in [5.41, 5.74) is 0.513. The molecule has 0 aromatic heterocycles. The van der Waals surface area contributed by atoms with Crippen LogP contribution in [0.25, 0.3) is 5.76 Å². The molecule has 4 heteroatoms. The summed E-state index contributed by atoms with van der Waals surface area (Å²) in [6, 6.07) is 26.7. The molecule has 2 aliphatic carbocycles. The van der Waals surface area contributed by atoms with Crippen LogP contribution in [-0.2, 0) is 9.53 Å². The molecule has 3 aromatic rings. The zero-order valence-corrected chi connectivity index (χ0v) is 18.2. The number of ether oxygens (including phenoxy) is 2. The van der Waals surface area contributed by atoms with E-state index in [9.17, 15) is 9.59 Å². The highest BCUT2D eigenvalue weighted by atomic mass is 16.5. The Hall–Kier alpha value is -4.18. The standard InChI is InChI=1S/C30H20O4/c31-23-18-25(19-10-3-1-4-11-19)34-30-22(23)15-9-17-26(30)29(30)27(32)21-14-7-8-16-24(21)33-28(29)20-12-5-2-6-13-20/h1-18,26,28H. The molecule has 1 saturated carbocycles. The zero-order chi connectivity index (χ0) is 22.9. The third-order valence-electron chi connectivity index (χ3n) is 7.55. The first-order valence-corrected chi connectivity index (χ1v) is 11.4. The molecular formula is C30H20O4. The van der Waals surface area contributed by atoms with Crippen molar-refractivity contribution in [2.75, 3.05) is 0 Å². The highest BCUT2D eigenvalue weighted by molar-refractivity contribution is 6.17. The van der Waals surface area contributed by atoms with Crippen molar-refractivity contribution in [2.45, 2.75) is 11.7 Å². The van der Waals surface area contributed by atoms with Crippen LogP contribution in [0.15, 0.2) is 115 Å². The molecule has 164 valence electrons. The summed E-state index contributed by atoms with van der Waals surface area (Å²) in [4.78, 5) is 27.9. The van der Waals surface area contributed by atoms with Gasteiger partial charge in [-0.25, -0.2) is 0 Å². The SMILES string of the molecule is O=C1C=C(c2ccccc2)OC23C1=CC=CC2C31C(=O)c2ccccc2OC1c1ccccc1. The maximum Gasteiger partial charge on any atom is 0.189 e. The van der Waals surface area contributed by atoms with Crippen LogP contribution >= 0.6 is 0 Å². The van der Waals surface area contributed by atoms with Crippen molar-refractivity contribution in [3.05, 3.63) is 131 Å². The number of hydrogen-bond donors (Lipinski definition) is 0. The number of carbonyl (C=O) groups excluding carboxylic acids is 2. The van der Waals surface area contributed by atoms with E-state index in [1.54, 1.807) is 12.1 Å². The average Bonchev–Trinajstić information content (AvgIpc) is 3.48. The predicted molar refractivity (Wildman–Crippen MR) is 127 cm³/mol. The van der Waals surface area contributed by atoms with Crippen molar-refractivity contribution in [3.63, 3.8) is 0 Å². The van der Waals surface area contributed by atoms with Gasteiger partial charge in [0, 0.05) is 23.1 Å². The van der Waals surface area contributed by atoms with Crippen LogP contribution in [0.5, 0.6) is 5.75 Å². The molecule has 1 fully saturated rings. The second kappa shape index (κ2) is 6.67. The van der Waals surface area contributed by atoms with Crippen molar-refractivity contribution in [3.8, 4) is 5.75 Å². The highest BCUT2D eigenvalue weighted by Crippen LogP contribution is 2.78. The Kier molecular flexibility index (Phi) is 3.79. The monoisotopic (exact) mass is 444 g/mol. The van der Waals surface area contributed by atoms with Gasteiger partial charge >= 0.3 is 0 Å². The smallest absolute Gasteiger partial charge is 0.189 e. The van der Waals surface area contributed by atoms with Crippen molar-refractivity contribution < 1.29 is 19.1 Å². The first-order chi connectivity index (χ1) is 16.7. The molecular weight excluding hydrogens is 424 g/mol. The van der Waals surface area contributed by atoms with Gasteiger partial charge in [-0.2, -0.15) is 0 Å². The fraction of sp³-hybridized carbons (Fsp3) is 0.133. The van der Waals surface area contributed by atoms with Gasteiger partial charge in [0.15, 0.2) is 17.2 Å². The lowest BCUT2D eigenvalue weighted by Gasteiger charge is -2.38. The van der Waals surface area contributed by atoms with E-state index in [4.69, 9.17) is 9.47 Å². The Morgan fingerprint density at radius 1 is 0.794 bits per heavy atom. The quantitative estimate of drug-likeness (QED) is 0.524. The van der Waals surface area contributed by atoms with E-state index < -0.39 is 17.1 Å². The number of allylic oxidation sites excluding steroid dienone is 3. The molecule has 0 saturated heterocycles. The molecule has 4 nitrogen and oxygen atoms in total. The molecule has 0 bridgehead atoms. The molecule has 34 heavy (non-hydrogen) atoms. The van der Waals surface area contributed by atoms with Gasteiger partial charge in [0.2, 0.25) is 0 Å². The van der Waals surface area contributed by atoms with Gasteiger partial charge in [0.05, 0.1) is 5.56 Å². The summed E-state index contributed by atoms with van der Waals surface area (Å²) in [6.45, 7) is 0. The highest BCUT2D eigenvalue weighted by Gasteiger charge is 2.89. The molecule has 4 aliphatic rings. The largest absolute Gasteiger partial charge is 0.484 e. The fourth-order valence-corrected chi connectivity index (χ4v) is 6.12. The average molecular weight is 444 g/mol. The van der Waals surface area contributed by atoms with Gasteiger partial charge in [0.1, 0.15) is 23.0 Å². The molecule has 0 amide bonds. The Morgan fingerprint density at radius 2 is 1.50 bits per heavy atom. The number of ketones is 2. The van der Waals surface area contributed by atoms with Crippen LogP contribution in [-0.4, -0.2) is 17.2 Å². The lowest BCUT2D eigenvalue weighted by Crippen LogP contribution is -2.44. The topological polar surface area (TPSA) is 52.6 Å². The van der Waals surface area contributed by atoms with Gasteiger partial charge in [-0.1, -0.05) is 91.0 Å². The van der Waals surface area contributed by atoms with E-state index in [0.29, 0.717) is 22.6 Å². The summed E-state index contributed by atoms with van der Waals surface area (Å²) in [7, 11) is 0. The van der Waals surface area contributed by atoms with E-state index in [1.807, 2.05) is 91.0 Å². The molecule has 4 atom stereocenters. The van der Waals surface area contributed by atoms with Crippen molar-refractivity contribution in [1.29, 1.82) is 0 Å². The summed E-state index contributed by atoms with van der Waals surface area (Å²) in [5, 5.41) is 0. The molecule has 2 heterocycles. The molecule has 2 aliphatic heterocycles. The first kappa shape index (κ1) is 19.3. The predicted octanol–water partition coefficient (Wildman–Crippen LogP) is 5.49. The summed E-state index contributed by atoms with van der Waals surface area (Å²) in [5.74, 6) is 0.533. The van der Waals surface area contributed by atoms with Gasteiger partial charge in [0.25, 0.3) is 0 Å². The molecule has 4 unspecified atom stereocenters. The number of para-hydroxylation sites is 1. The molecule has 0 N–H and O–H groups in total. The van der Waals surface area contributed by atoms with E-state index in [1.165, 1.54) is 6.08 Å². The molecule has 7 rings (SSSR count). The van der Waals surface area contributed by atoms with Crippen LogP contribution in [0, 0.1) is 11.3 Å². The second-order valence-corrected chi connectivity index (χ2v) is 9.12. The van der Waals surface area contributed by atoms with Crippen molar-refractivity contribution >= 4 is 17.3 Å². The van der Waals surface area contributed by atoms with Gasteiger partial charge in [-0.05, 0) is 17.7 Å². The third-order valence-corrected chi connectivity index (χ3v) is 7.55. The Bertz CT molecular complexity index is 1450. The van der Waals surface area contributed by atoms with Crippen LogP contribution in [0.1, 0.15) is 27.6 Å². The van der Waals surface area contributed by atoms with Crippen LogP contribution < -0.4 is 4.74 Å². The van der Waals surface area contributed by atoms with Crippen LogP contribution in [0.4, 0.5) is 0 Å². The maximum absolute atomic E-state index is 14.4. The number of benzene rings is 3. The summed E-state index contributed by atoms with van der Waals surface area (Å²) in [6.07, 6.45) is 6.59. The summed E-state index contributed by atoms with van der Waals surface area (Å²) >= 11 is 0. The summed E-state index contributed by atoms with van der Waals surface area (Å²) < 4.78 is 13.3. The normalized spacial score (nSPS) is 30.2. The minimum absolute atomic E-state index is 0.0484. The number of hydrogen-bond acceptors (Lipinski definition) is 4. The van der Waals surface area contributed by atoms with Gasteiger partial charge in [-0.3, -0.25) is 9.59 Å². The first-order valence-electron chi connectivity index (χ1n) is 11.4. The van der Waals surface area contributed by atoms with E-state index in [0.717, 1.165) is 11.1 Å². The number of Topliss-reactive ketones (excluding diaryl/α,β-unsaturated/α-hetero) is 1. The Balaban J connectivity index is 1.47. The lowest BCUT2D eigenvalue weighted by molar-refractivity contribution is -0.113.